The molecule has 0 spiro atoms. The second-order valence-electron chi connectivity index (χ2n) is 5.98. The second-order valence-corrected chi connectivity index (χ2v) is 5.98. The highest BCUT2D eigenvalue weighted by Gasteiger charge is 2.23. The summed E-state index contributed by atoms with van der Waals surface area (Å²) in [4.78, 5) is 26.1. The van der Waals surface area contributed by atoms with Crippen LogP contribution in [0.5, 0.6) is 0 Å². The number of nitrogens with zero attached hydrogens (tertiary/aromatic N) is 1. The standard InChI is InChI=1S/C17H24N2O3/c1-12(16(20)18-14-8-4-5-9-14)22-17(21)13-7-6-10-15(11-13)19(2)3/h6-7,10-12,14H,4-5,8-9H2,1-3H3,(H,18,20)/t12-/m0/s1. The SMILES string of the molecule is C[C@H](OC(=O)c1cccc(N(C)C)c1)C(=O)NC1CCCC1. The molecule has 0 heterocycles. The van der Waals surface area contributed by atoms with E-state index in [1.807, 2.05) is 25.1 Å². The molecule has 1 aromatic carbocycles. The number of rotatable bonds is 5. The van der Waals surface area contributed by atoms with Crippen LogP contribution in [-0.2, 0) is 9.53 Å². The Balaban J connectivity index is 1.92. The summed E-state index contributed by atoms with van der Waals surface area (Å²) in [6, 6.07) is 7.38. The summed E-state index contributed by atoms with van der Waals surface area (Å²) in [5, 5.41) is 2.94. The fourth-order valence-electron chi connectivity index (χ4n) is 2.58. The molecule has 1 N–H and O–H groups in total. The fraction of sp³-hybridized carbons (Fsp3) is 0.529. The Morgan fingerprint density at radius 1 is 1.27 bits per heavy atom. The Kier molecular flexibility index (Phi) is 5.41. The lowest BCUT2D eigenvalue weighted by atomic mass is 10.2. The average Bonchev–Trinajstić information content (AvgIpc) is 3.00. The van der Waals surface area contributed by atoms with Crippen molar-refractivity contribution in [3.63, 3.8) is 0 Å². The van der Waals surface area contributed by atoms with Gasteiger partial charge in [0.15, 0.2) is 6.10 Å². The van der Waals surface area contributed by atoms with Crippen molar-refractivity contribution in [1.29, 1.82) is 0 Å². The fourth-order valence-corrected chi connectivity index (χ4v) is 2.58. The van der Waals surface area contributed by atoms with Crippen LogP contribution in [0.15, 0.2) is 24.3 Å². The molecule has 1 aromatic rings. The van der Waals surface area contributed by atoms with Gasteiger partial charge in [-0.2, -0.15) is 0 Å². The minimum Gasteiger partial charge on any atom is -0.449 e. The third-order valence-electron chi connectivity index (χ3n) is 3.95. The van der Waals surface area contributed by atoms with E-state index < -0.39 is 12.1 Å². The van der Waals surface area contributed by atoms with Crippen LogP contribution in [0.3, 0.4) is 0 Å². The number of benzene rings is 1. The third-order valence-corrected chi connectivity index (χ3v) is 3.95. The number of amides is 1. The van der Waals surface area contributed by atoms with E-state index in [9.17, 15) is 9.59 Å². The number of ether oxygens (including phenoxy) is 1. The van der Waals surface area contributed by atoms with Crippen molar-refractivity contribution in [2.45, 2.75) is 44.8 Å². The molecular formula is C17H24N2O3. The molecule has 0 aliphatic heterocycles. The van der Waals surface area contributed by atoms with Crippen molar-refractivity contribution in [3.8, 4) is 0 Å². The highest BCUT2D eigenvalue weighted by Crippen LogP contribution is 2.18. The van der Waals surface area contributed by atoms with Gasteiger partial charge in [0.05, 0.1) is 5.56 Å². The quantitative estimate of drug-likeness (QED) is 0.848. The monoisotopic (exact) mass is 304 g/mol. The lowest BCUT2D eigenvalue weighted by Crippen LogP contribution is -2.40. The molecule has 5 nitrogen and oxygen atoms in total. The van der Waals surface area contributed by atoms with E-state index in [1.165, 1.54) is 0 Å². The lowest BCUT2D eigenvalue weighted by Gasteiger charge is -2.18. The molecule has 0 saturated heterocycles. The van der Waals surface area contributed by atoms with Gasteiger partial charge < -0.3 is 15.0 Å². The first-order chi connectivity index (χ1) is 10.5. The second kappa shape index (κ2) is 7.29. The van der Waals surface area contributed by atoms with Crippen LogP contribution in [0.25, 0.3) is 0 Å². The molecule has 22 heavy (non-hydrogen) atoms. The van der Waals surface area contributed by atoms with Gasteiger partial charge in [0.2, 0.25) is 0 Å². The van der Waals surface area contributed by atoms with Gasteiger partial charge >= 0.3 is 5.97 Å². The highest BCUT2D eigenvalue weighted by atomic mass is 16.5. The molecular weight excluding hydrogens is 280 g/mol. The van der Waals surface area contributed by atoms with E-state index in [1.54, 1.807) is 25.1 Å². The summed E-state index contributed by atoms with van der Waals surface area (Å²) in [6.45, 7) is 1.61. The molecule has 0 unspecified atom stereocenters. The smallest absolute Gasteiger partial charge is 0.338 e. The van der Waals surface area contributed by atoms with Crippen LogP contribution in [0.1, 0.15) is 43.0 Å². The first-order valence-electron chi connectivity index (χ1n) is 7.76. The van der Waals surface area contributed by atoms with Crippen molar-refractivity contribution in [2.75, 3.05) is 19.0 Å². The number of hydrogen-bond donors (Lipinski definition) is 1. The van der Waals surface area contributed by atoms with E-state index in [-0.39, 0.29) is 11.9 Å². The predicted octanol–water partition coefficient (Wildman–Crippen LogP) is 2.36. The summed E-state index contributed by atoms with van der Waals surface area (Å²) in [5.41, 5.74) is 1.37. The Labute approximate surface area is 131 Å². The molecule has 1 saturated carbocycles. The van der Waals surface area contributed by atoms with Gasteiger partial charge in [-0.3, -0.25) is 4.79 Å². The molecule has 0 bridgehead atoms. The minimum absolute atomic E-state index is 0.219. The van der Waals surface area contributed by atoms with Crippen molar-refractivity contribution < 1.29 is 14.3 Å². The maximum Gasteiger partial charge on any atom is 0.338 e. The Morgan fingerprint density at radius 2 is 1.95 bits per heavy atom. The molecule has 1 atom stereocenters. The number of hydrogen-bond acceptors (Lipinski definition) is 4. The van der Waals surface area contributed by atoms with Crippen LogP contribution in [0.4, 0.5) is 5.69 Å². The molecule has 1 amide bonds. The molecule has 1 aliphatic carbocycles. The number of anilines is 1. The van der Waals surface area contributed by atoms with Crippen LogP contribution in [0.2, 0.25) is 0 Å². The topological polar surface area (TPSA) is 58.6 Å². The van der Waals surface area contributed by atoms with Gasteiger partial charge in [-0.1, -0.05) is 18.9 Å². The molecule has 120 valence electrons. The summed E-state index contributed by atoms with van der Waals surface area (Å²) in [7, 11) is 3.81. The number of carbonyl (C=O) groups excluding carboxylic acids is 2. The van der Waals surface area contributed by atoms with Crippen LogP contribution in [-0.4, -0.2) is 38.1 Å². The summed E-state index contributed by atoms with van der Waals surface area (Å²) in [6.07, 6.45) is 3.54. The van der Waals surface area contributed by atoms with Gasteiger partial charge in [0.1, 0.15) is 0 Å². The van der Waals surface area contributed by atoms with Crippen molar-refractivity contribution in [1.82, 2.24) is 5.32 Å². The van der Waals surface area contributed by atoms with Crippen LogP contribution < -0.4 is 10.2 Å². The zero-order valence-electron chi connectivity index (χ0n) is 13.5. The minimum atomic E-state index is -0.781. The molecule has 1 fully saturated rings. The third kappa shape index (κ3) is 4.23. The Morgan fingerprint density at radius 3 is 2.59 bits per heavy atom. The summed E-state index contributed by atoms with van der Waals surface area (Å²) >= 11 is 0. The van der Waals surface area contributed by atoms with Crippen molar-refractivity contribution in [3.05, 3.63) is 29.8 Å². The molecule has 1 aliphatic rings. The average molecular weight is 304 g/mol. The van der Waals surface area contributed by atoms with Crippen molar-refractivity contribution in [2.24, 2.45) is 0 Å². The maximum absolute atomic E-state index is 12.2. The number of nitrogens with one attached hydrogen (secondary N) is 1. The number of esters is 1. The van der Waals surface area contributed by atoms with E-state index >= 15 is 0 Å². The maximum atomic E-state index is 12.2. The Bertz CT molecular complexity index is 536. The molecule has 5 heteroatoms. The zero-order valence-corrected chi connectivity index (χ0v) is 13.5. The summed E-state index contributed by atoms with van der Waals surface area (Å²) in [5.74, 6) is -0.693. The predicted molar refractivity (Wildman–Crippen MR) is 86.0 cm³/mol. The molecule has 0 radical (unpaired) electrons. The highest BCUT2D eigenvalue weighted by molar-refractivity contribution is 5.93. The first-order valence-corrected chi connectivity index (χ1v) is 7.76. The largest absolute Gasteiger partial charge is 0.449 e. The zero-order chi connectivity index (χ0) is 16.1. The van der Waals surface area contributed by atoms with Crippen LogP contribution >= 0.6 is 0 Å². The molecule has 2 rings (SSSR count). The lowest BCUT2D eigenvalue weighted by molar-refractivity contribution is -0.129. The molecule has 0 aromatic heterocycles. The van der Waals surface area contributed by atoms with Gasteiger partial charge in [0.25, 0.3) is 5.91 Å². The van der Waals surface area contributed by atoms with E-state index in [0.717, 1.165) is 31.4 Å². The van der Waals surface area contributed by atoms with E-state index in [2.05, 4.69) is 5.32 Å². The van der Waals surface area contributed by atoms with Crippen LogP contribution in [0, 0.1) is 0 Å². The Hall–Kier alpha value is -2.04. The first kappa shape index (κ1) is 16.3. The van der Waals surface area contributed by atoms with Gasteiger partial charge in [-0.05, 0) is 38.0 Å². The van der Waals surface area contributed by atoms with Gasteiger partial charge in [-0.15, -0.1) is 0 Å². The van der Waals surface area contributed by atoms with E-state index in [0.29, 0.717) is 5.56 Å². The number of carbonyl (C=O) groups is 2. The van der Waals surface area contributed by atoms with Gasteiger partial charge in [0, 0.05) is 25.8 Å². The normalized spacial score (nSPS) is 16.1. The van der Waals surface area contributed by atoms with E-state index in [4.69, 9.17) is 4.74 Å². The van der Waals surface area contributed by atoms with Crippen molar-refractivity contribution >= 4 is 17.6 Å². The summed E-state index contributed by atoms with van der Waals surface area (Å²) < 4.78 is 5.27. The van der Waals surface area contributed by atoms with Gasteiger partial charge in [-0.25, -0.2) is 4.79 Å².